The van der Waals surface area contributed by atoms with E-state index in [1.165, 1.54) is 5.69 Å². The molecule has 3 N–H and O–H groups in total. The molecule has 0 aromatic carbocycles. The third kappa shape index (κ3) is 2.50. The molecule has 0 amide bonds. The maximum atomic E-state index is 5.63. The van der Waals surface area contributed by atoms with Gasteiger partial charge in [0.2, 0.25) is 0 Å². The Hall–Kier alpha value is -2.04. The van der Waals surface area contributed by atoms with Crippen LogP contribution in [0.1, 0.15) is 5.69 Å². The van der Waals surface area contributed by atoms with Gasteiger partial charge in [0, 0.05) is 38.1 Å². The van der Waals surface area contributed by atoms with E-state index in [0.29, 0.717) is 5.69 Å². The van der Waals surface area contributed by atoms with Crippen molar-refractivity contribution in [3.63, 3.8) is 0 Å². The van der Waals surface area contributed by atoms with Crippen LogP contribution in [0, 0.1) is 0 Å². The van der Waals surface area contributed by atoms with E-state index in [9.17, 15) is 0 Å². The van der Waals surface area contributed by atoms with Crippen molar-refractivity contribution in [1.29, 1.82) is 0 Å². The van der Waals surface area contributed by atoms with Crippen molar-refractivity contribution >= 4 is 11.4 Å². The number of nitrogen functional groups attached to an aromatic ring is 1. The first-order chi connectivity index (χ1) is 7.75. The number of hydrogen-bond acceptors (Lipinski definition) is 4. The number of pyridine rings is 1. The second-order valence-electron chi connectivity index (χ2n) is 3.63. The maximum absolute atomic E-state index is 5.63. The Balaban J connectivity index is 1.87. The maximum Gasteiger partial charge on any atom is 0.0547 e. The van der Waals surface area contributed by atoms with Crippen molar-refractivity contribution < 1.29 is 0 Å². The highest BCUT2D eigenvalue weighted by Crippen LogP contribution is 2.09. The SMILES string of the molecule is Cn1nccc1CCNc1cncc(N)c1. The van der Waals surface area contributed by atoms with E-state index in [2.05, 4.69) is 15.4 Å². The third-order valence-corrected chi connectivity index (χ3v) is 2.39. The van der Waals surface area contributed by atoms with Crippen molar-refractivity contribution in [3.8, 4) is 0 Å². The van der Waals surface area contributed by atoms with Gasteiger partial charge in [-0.15, -0.1) is 0 Å². The summed E-state index contributed by atoms with van der Waals surface area (Å²) in [5.41, 5.74) is 8.45. The van der Waals surface area contributed by atoms with Gasteiger partial charge < -0.3 is 11.1 Å². The van der Waals surface area contributed by atoms with E-state index in [-0.39, 0.29) is 0 Å². The van der Waals surface area contributed by atoms with Crippen molar-refractivity contribution in [1.82, 2.24) is 14.8 Å². The average Bonchev–Trinajstić information content (AvgIpc) is 2.65. The van der Waals surface area contributed by atoms with Crippen LogP contribution in [-0.2, 0) is 13.5 Å². The van der Waals surface area contributed by atoms with Crippen LogP contribution in [0.3, 0.4) is 0 Å². The van der Waals surface area contributed by atoms with Crippen LogP contribution in [0.2, 0.25) is 0 Å². The molecule has 2 aromatic heterocycles. The zero-order valence-corrected chi connectivity index (χ0v) is 9.22. The van der Waals surface area contributed by atoms with Crippen LogP contribution in [0.4, 0.5) is 11.4 Å². The van der Waals surface area contributed by atoms with Gasteiger partial charge in [0.25, 0.3) is 0 Å². The molecule has 0 radical (unpaired) electrons. The summed E-state index contributed by atoms with van der Waals surface area (Å²) in [4.78, 5) is 4.01. The van der Waals surface area contributed by atoms with Crippen molar-refractivity contribution in [2.24, 2.45) is 7.05 Å². The van der Waals surface area contributed by atoms with Crippen molar-refractivity contribution in [3.05, 3.63) is 36.4 Å². The molecule has 0 aliphatic rings. The Bertz CT molecular complexity index is 463. The predicted molar refractivity (Wildman–Crippen MR) is 64.1 cm³/mol. The summed E-state index contributed by atoms with van der Waals surface area (Å²) in [5.74, 6) is 0. The summed E-state index contributed by atoms with van der Waals surface area (Å²) in [6, 6.07) is 3.88. The zero-order chi connectivity index (χ0) is 11.4. The zero-order valence-electron chi connectivity index (χ0n) is 9.22. The summed E-state index contributed by atoms with van der Waals surface area (Å²) in [6.45, 7) is 0.838. The first-order valence-electron chi connectivity index (χ1n) is 5.17. The molecule has 2 aromatic rings. The molecule has 0 aliphatic heterocycles. The molecule has 84 valence electrons. The minimum atomic E-state index is 0.672. The van der Waals surface area contributed by atoms with Gasteiger partial charge in [0.05, 0.1) is 17.6 Å². The van der Waals surface area contributed by atoms with Crippen LogP contribution in [0.5, 0.6) is 0 Å². The van der Waals surface area contributed by atoms with E-state index < -0.39 is 0 Å². The molecular formula is C11H15N5. The Morgan fingerprint density at radius 1 is 1.44 bits per heavy atom. The van der Waals surface area contributed by atoms with Crippen molar-refractivity contribution in [2.75, 3.05) is 17.6 Å². The highest BCUT2D eigenvalue weighted by Gasteiger charge is 1.98. The Morgan fingerprint density at radius 2 is 2.31 bits per heavy atom. The van der Waals surface area contributed by atoms with Gasteiger partial charge in [-0.25, -0.2) is 0 Å². The number of aryl methyl sites for hydroxylation is 1. The lowest BCUT2D eigenvalue weighted by atomic mass is 10.3. The van der Waals surface area contributed by atoms with Gasteiger partial charge in [-0.1, -0.05) is 0 Å². The van der Waals surface area contributed by atoms with Crippen LogP contribution in [0.15, 0.2) is 30.7 Å². The molecule has 2 rings (SSSR count). The van der Waals surface area contributed by atoms with E-state index in [0.717, 1.165) is 18.7 Å². The first kappa shape index (κ1) is 10.5. The molecule has 0 unspecified atom stereocenters. The molecule has 0 saturated carbocycles. The van der Waals surface area contributed by atoms with Crippen LogP contribution < -0.4 is 11.1 Å². The van der Waals surface area contributed by atoms with Gasteiger partial charge >= 0.3 is 0 Å². The number of nitrogens with two attached hydrogens (primary N) is 1. The average molecular weight is 217 g/mol. The fourth-order valence-corrected chi connectivity index (χ4v) is 1.54. The first-order valence-corrected chi connectivity index (χ1v) is 5.17. The standard InChI is InChI=1S/C11H15N5/c1-16-11(3-5-15-16)2-4-14-10-6-9(12)7-13-8-10/h3,5-8,14H,2,4,12H2,1H3. The highest BCUT2D eigenvalue weighted by atomic mass is 15.3. The second kappa shape index (κ2) is 4.65. The molecule has 16 heavy (non-hydrogen) atoms. The summed E-state index contributed by atoms with van der Waals surface area (Å²) in [7, 11) is 1.94. The van der Waals surface area contributed by atoms with Crippen LogP contribution in [0.25, 0.3) is 0 Å². The van der Waals surface area contributed by atoms with E-state index in [1.54, 1.807) is 18.6 Å². The quantitative estimate of drug-likeness (QED) is 0.803. The minimum Gasteiger partial charge on any atom is -0.397 e. The van der Waals surface area contributed by atoms with Gasteiger partial charge in [0.1, 0.15) is 0 Å². The fourth-order valence-electron chi connectivity index (χ4n) is 1.54. The largest absolute Gasteiger partial charge is 0.397 e. The molecule has 0 bridgehead atoms. The summed E-state index contributed by atoms with van der Waals surface area (Å²) < 4.78 is 1.87. The van der Waals surface area contributed by atoms with E-state index >= 15 is 0 Å². The second-order valence-corrected chi connectivity index (χ2v) is 3.63. The van der Waals surface area contributed by atoms with E-state index in [1.807, 2.05) is 23.9 Å². The number of hydrogen-bond donors (Lipinski definition) is 2. The molecule has 0 fully saturated rings. The molecule has 2 heterocycles. The highest BCUT2D eigenvalue weighted by molar-refractivity contribution is 5.51. The topological polar surface area (TPSA) is 68.8 Å². The van der Waals surface area contributed by atoms with Crippen LogP contribution in [-0.4, -0.2) is 21.3 Å². The lowest BCUT2D eigenvalue weighted by Gasteiger charge is -2.06. The van der Waals surface area contributed by atoms with Gasteiger partial charge in [-0.3, -0.25) is 9.67 Å². The number of anilines is 2. The molecule has 0 aliphatic carbocycles. The summed E-state index contributed by atoms with van der Waals surface area (Å²) >= 11 is 0. The number of rotatable bonds is 4. The Morgan fingerprint density at radius 3 is 3.00 bits per heavy atom. The van der Waals surface area contributed by atoms with Crippen LogP contribution >= 0.6 is 0 Å². The van der Waals surface area contributed by atoms with E-state index in [4.69, 9.17) is 5.73 Å². The molecule has 0 saturated heterocycles. The Labute approximate surface area is 94.3 Å². The number of nitrogens with one attached hydrogen (secondary N) is 1. The minimum absolute atomic E-state index is 0.672. The molecule has 0 spiro atoms. The fraction of sp³-hybridized carbons (Fsp3) is 0.273. The smallest absolute Gasteiger partial charge is 0.0547 e. The summed E-state index contributed by atoms with van der Waals surface area (Å²) in [5, 5.41) is 7.38. The normalized spacial score (nSPS) is 10.3. The summed E-state index contributed by atoms with van der Waals surface area (Å²) in [6.07, 6.45) is 6.12. The Kier molecular flexibility index (Phi) is 3.05. The monoisotopic (exact) mass is 217 g/mol. The lowest BCUT2D eigenvalue weighted by molar-refractivity contribution is 0.711. The van der Waals surface area contributed by atoms with Gasteiger partial charge in [-0.05, 0) is 12.1 Å². The number of nitrogens with zero attached hydrogens (tertiary/aromatic N) is 3. The van der Waals surface area contributed by atoms with Gasteiger partial charge in [0.15, 0.2) is 0 Å². The molecular weight excluding hydrogens is 202 g/mol. The van der Waals surface area contributed by atoms with Crippen molar-refractivity contribution in [2.45, 2.75) is 6.42 Å². The molecule has 0 atom stereocenters. The lowest BCUT2D eigenvalue weighted by Crippen LogP contribution is -2.08. The third-order valence-electron chi connectivity index (χ3n) is 2.39. The van der Waals surface area contributed by atoms with Gasteiger partial charge in [-0.2, -0.15) is 5.10 Å². The molecule has 5 heteroatoms. The number of aromatic nitrogens is 3. The molecule has 5 nitrogen and oxygen atoms in total. The predicted octanol–water partition coefficient (Wildman–Crippen LogP) is 1.05.